The van der Waals surface area contributed by atoms with Crippen molar-refractivity contribution < 1.29 is 18.4 Å². The van der Waals surface area contributed by atoms with Gasteiger partial charge >= 0.3 is 0 Å². The molecule has 3 rings (SSSR count). The van der Waals surface area contributed by atoms with Gasteiger partial charge in [0.2, 0.25) is 5.91 Å². The third kappa shape index (κ3) is 4.81. The average molecular weight is 370 g/mol. The Bertz CT molecular complexity index is 958. The highest BCUT2D eigenvalue weighted by atomic mass is 19.1. The molecular weight excluding hydrogens is 354 g/mol. The first-order valence-corrected chi connectivity index (χ1v) is 8.23. The first-order valence-electron chi connectivity index (χ1n) is 8.23. The van der Waals surface area contributed by atoms with E-state index in [2.05, 4.69) is 15.4 Å². The maximum absolute atomic E-state index is 13.6. The van der Waals surface area contributed by atoms with Crippen LogP contribution >= 0.6 is 0 Å². The van der Waals surface area contributed by atoms with Gasteiger partial charge in [-0.1, -0.05) is 0 Å². The van der Waals surface area contributed by atoms with Crippen LogP contribution in [0, 0.1) is 11.6 Å². The van der Waals surface area contributed by atoms with E-state index in [0.717, 1.165) is 17.7 Å². The van der Waals surface area contributed by atoms with Crippen LogP contribution in [0.1, 0.15) is 28.8 Å². The molecular formula is C19H16F2N4O2. The molecule has 2 aromatic heterocycles. The van der Waals surface area contributed by atoms with Gasteiger partial charge in [0.15, 0.2) is 11.6 Å². The van der Waals surface area contributed by atoms with Crippen LogP contribution in [0.15, 0.2) is 55.0 Å². The first kappa shape index (κ1) is 18.4. The summed E-state index contributed by atoms with van der Waals surface area (Å²) in [6.45, 7) is 0.259. The van der Waals surface area contributed by atoms with Crippen LogP contribution < -0.4 is 5.32 Å². The van der Waals surface area contributed by atoms with Crippen LogP contribution in [0.25, 0.3) is 5.82 Å². The van der Waals surface area contributed by atoms with Crippen molar-refractivity contribution in [1.29, 1.82) is 0 Å². The molecule has 0 radical (unpaired) electrons. The number of amides is 1. The van der Waals surface area contributed by atoms with Gasteiger partial charge in [-0.3, -0.25) is 9.59 Å². The van der Waals surface area contributed by atoms with Crippen molar-refractivity contribution in [1.82, 2.24) is 20.1 Å². The lowest BCUT2D eigenvalue weighted by atomic mass is 10.1. The molecule has 0 bridgehead atoms. The monoisotopic (exact) mass is 370 g/mol. The second-order valence-corrected chi connectivity index (χ2v) is 5.80. The molecule has 1 N–H and O–H groups in total. The molecule has 1 aromatic carbocycles. The summed E-state index contributed by atoms with van der Waals surface area (Å²) in [5.74, 6) is -1.96. The van der Waals surface area contributed by atoms with Gasteiger partial charge in [-0.25, -0.2) is 18.4 Å². The number of nitrogens with zero attached hydrogens (tertiary/aromatic N) is 3. The lowest BCUT2D eigenvalue weighted by Gasteiger charge is -2.07. The van der Waals surface area contributed by atoms with E-state index in [1.807, 2.05) is 0 Å². The van der Waals surface area contributed by atoms with Crippen LogP contribution in [0.2, 0.25) is 0 Å². The summed E-state index contributed by atoms with van der Waals surface area (Å²) >= 11 is 0. The number of carbonyl (C=O) groups is 2. The molecule has 0 fully saturated rings. The van der Waals surface area contributed by atoms with E-state index in [-0.39, 0.29) is 30.9 Å². The highest BCUT2D eigenvalue weighted by molar-refractivity contribution is 5.98. The minimum absolute atomic E-state index is 0.0905. The molecule has 6 nitrogen and oxygen atoms in total. The number of nitrogens with one attached hydrogen (secondary N) is 1. The Kier molecular flexibility index (Phi) is 5.65. The number of hydrogen-bond donors (Lipinski definition) is 1. The molecule has 27 heavy (non-hydrogen) atoms. The van der Waals surface area contributed by atoms with Gasteiger partial charge in [0.25, 0.3) is 0 Å². The van der Waals surface area contributed by atoms with E-state index >= 15 is 0 Å². The van der Waals surface area contributed by atoms with Crippen LogP contribution in [0.5, 0.6) is 0 Å². The Morgan fingerprint density at radius 2 is 1.93 bits per heavy atom. The van der Waals surface area contributed by atoms with E-state index in [1.165, 1.54) is 0 Å². The van der Waals surface area contributed by atoms with E-state index in [4.69, 9.17) is 0 Å². The summed E-state index contributed by atoms with van der Waals surface area (Å²) in [6.07, 6.45) is 4.75. The van der Waals surface area contributed by atoms with Gasteiger partial charge in [0.05, 0.1) is 5.56 Å². The van der Waals surface area contributed by atoms with Crippen LogP contribution in [-0.4, -0.2) is 26.5 Å². The Morgan fingerprint density at radius 3 is 2.67 bits per heavy atom. The highest BCUT2D eigenvalue weighted by Crippen LogP contribution is 2.13. The van der Waals surface area contributed by atoms with Gasteiger partial charge in [-0.15, -0.1) is 0 Å². The number of halogens is 2. The predicted octanol–water partition coefficient (Wildman–Crippen LogP) is 2.82. The molecule has 2 heterocycles. The first-order chi connectivity index (χ1) is 13.0. The number of hydrogen-bond acceptors (Lipinski definition) is 4. The van der Waals surface area contributed by atoms with E-state index in [9.17, 15) is 18.4 Å². The standard InChI is InChI=1S/C19H16F2N4O2/c20-14-2-3-15(16(21)11-14)17(26)4-5-19(27)23-12-13-6-8-22-18(10-13)25-9-1-7-24-25/h1-3,6-11H,4-5,12H2,(H,23,27). The van der Waals surface area contributed by atoms with E-state index in [0.29, 0.717) is 11.9 Å². The van der Waals surface area contributed by atoms with Crippen molar-refractivity contribution >= 4 is 11.7 Å². The molecule has 138 valence electrons. The lowest BCUT2D eigenvalue weighted by molar-refractivity contribution is -0.121. The second kappa shape index (κ2) is 8.31. The summed E-state index contributed by atoms with van der Waals surface area (Å²) in [6, 6.07) is 8.05. The van der Waals surface area contributed by atoms with Crippen molar-refractivity contribution in [2.45, 2.75) is 19.4 Å². The fourth-order valence-corrected chi connectivity index (χ4v) is 2.47. The molecule has 0 aliphatic carbocycles. The quantitative estimate of drug-likeness (QED) is 0.649. The Hall–Kier alpha value is -3.42. The second-order valence-electron chi connectivity index (χ2n) is 5.80. The van der Waals surface area contributed by atoms with Crippen molar-refractivity contribution in [3.8, 4) is 5.82 Å². The summed E-state index contributed by atoms with van der Waals surface area (Å²) in [5.41, 5.74) is 0.599. The number of Topliss-reactive ketones (excluding diaryl/α,β-unsaturated/α-hetero) is 1. The van der Waals surface area contributed by atoms with Crippen LogP contribution in [0.4, 0.5) is 8.78 Å². The number of aromatic nitrogens is 3. The van der Waals surface area contributed by atoms with Gasteiger partial charge in [-0.05, 0) is 35.9 Å². The molecule has 3 aromatic rings. The predicted molar refractivity (Wildman–Crippen MR) is 93.1 cm³/mol. The zero-order chi connectivity index (χ0) is 19.2. The normalized spacial score (nSPS) is 10.6. The maximum Gasteiger partial charge on any atom is 0.220 e. The van der Waals surface area contributed by atoms with Gasteiger partial charge in [-0.2, -0.15) is 5.10 Å². The van der Waals surface area contributed by atoms with Crippen LogP contribution in [0.3, 0.4) is 0 Å². The van der Waals surface area contributed by atoms with Crippen molar-refractivity contribution in [3.63, 3.8) is 0 Å². The summed E-state index contributed by atoms with van der Waals surface area (Å²) < 4.78 is 28.1. The molecule has 0 saturated carbocycles. The average Bonchev–Trinajstić information content (AvgIpc) is 3.19. The third-order valence-electron chi connectivity index (χ3n) is 3.85. The maximum atomic E-state index is 13.6. The van der Waals surface area contributed by atoms with Crippen molar-refractivity contribution in [2.24, 2.45) is 0 Å². The summed E-state index contributed by atoms with van der Waals surface area (Å²) in [4.78, 5) is 28.1. The minimum Gasteiger partial charge on any atom is -0.352 e. The largest absolute Gasteiger partial charge is 0.352 e. The molecule has 8 heteroatoms. The van der Waals surface area contributed by atoms with E-state index in [1.54, 1.807) is 41.5 Å². The van der Waals surface area contributed by atoms with Gasteiger partial charge < -0.3 is 5.32 Å². The minimum atomic E-state index is -0.927. The molecule has 0 atom stereocenters. The molecule has 1 amide bonds. The molecule has 0 aliphatic heterocycles. The Labute approximate surface area is 153 Å². The topological polar surface area (TPSA) is 76.9 Å². The molecule has 0 unspecified atom stereocenters. The third-order valence-corrected chi connectivity index (χ3v) is 3.85. The molecule has 0 saturated heterocycles. The van der Waals surface area contributed by atoms with Crippen molar-refractivity contribution in [3.05, 3.63) is 77.8 Å². The number of benzene rings is 1. The van der Waals surface area contributed by atoms with Crippen LogP contribution in [-0.2, 0) is 11.3 Å². The Balaban J connectivity index is 1.51. The molecule has 0 aliphatic rings. The zero-order valence-electron chi connectivity index (χ0n) is 14.2. The number of ketones is 1. The zero-order valence-corrected chi connectivity index (χ0v) is 14.2. The fraction of sp³-hybridized carbons (Fsp3) is 0.158. The summed E-state index contributed by atoms with van der Waals surface area (Å²) in [7, 11) is 0. The Morgan fingerprint density at radius 1 is 1.07 bits per heavy atom. The highest BCUT2D eigenvalue weighted by Gasteiger charge is 2.14. The van der Waals surface area contributed by atoms with E-state index < -0.39 is 17.4 Å². The molecule has 0 spiro atoms. The lowest BCUT2D eigenvalue weighted by Crippen LogP contribution is -2.23. The SMILES string of the molecule is O=C(CCC(=O)c1ccc(F)cc1F)NCc1ccnc(-n2cccn2)c1. The van der Waals surface area contributed by atoms with Gasteiger partial charge in [0.1, 0.15) is 11.6 Å². The summed E-state index contributed by atoms with van der Waals surface area (Å²) in [5, 5.41) is 6.79. The smallest absolute Gasteiger partial charge is 0.220 e. The number of rotatable bonds is 7. The fourth-order valence-electron chi connectivity index (χ4n) is 2.47. The van der Waals surface area contributed by atoms with Gasteiger partial charge in [0, 0.05) is 44.0 Å². The van der Waals surface area contributed by atoms with Crippen molar-refractivity contribution in [2.75, 3.05) is 0 Å². The number of carbonyl (C=O) groups excluding carboxylic acids is 2. The number of pyridine rings is 1.